The van der Waals surface area contributed by atoms with Crippen LogP contribution in [0.15, 0.2) is 22.8 Å². The van der Waals surface area contributed by atoms with Gasteiger partial charge in [-0.2, -0.15) is 0 Å². The molecule has 0 atom stereocenters. The normalized spacial score (nSPS) is 10.5. The Bertz CT molecular complexity index is 431. The van der Waals surface area contributed by atoms with Gasteiger partial charge >= 0.3 is 0 Å². The van der Waals surface area contributed by atoms with Crippen LogP contribution in [0.2, 0.25) is 10.3 Å². The molecule has 0 aliphatic rings. The number of nitrogens with zero attached hydrogens (tertiary/aromatic N) is 2. The van der Waals surface area contributed by atoms with E-state index in [1.807, 2.05) is 0 Å². The molecule has 3 nitrogen and oxygen atoms in total. The fourth-order valence-corrected chi connectivity index (χ4v) is 1.37. The smallest absolute Gasteiger partial charge is 0.198 e. The minimum Gasteiger partial charge on any atom is -0.461 e. The molecule has 2 aromatic heterocycles. The van der Waals surface area contributed by atoms with Crippen LogP contribution in [0, 0.1) is 6.92 Å². The van der Waals surface area contributed by atoms with Crippen LogP contribution in [0.25, 0.3) is 11.6 Å². The van der Waals surface area contributed by atoms with Crippen LogP contribution in [0.4, 0.5) is 0 Å². The van der Waals surface area contributed by atoms with Crippen molar-refractivity contribution < 1.29 is 4.42 Å². The second-order valence-corrected chi connectivity index (χ2v) is 3.45. The molecule has 0 bridgehead atoms. The predicted octanol–water partition coefficient (Wildman–Crippen LogP) is 3.35. The second kappa shape index (κ2) is 3.59. The van der Waals surface area contributed by atoms with Gasteiger partial charge in [0.05, 0.1) is 6.26 Å². The van der Waals surface area contributed by atoms with E-state index in [9.17, 15) is 0 Å². The minimum atomic E-state index is 0.344. The van der Waals surface area contributed by atoms with Crippen LogP contribution in [-0.4, -0.2) is 9.97 Å². The molecule has 0 N–H and O–H groups in total. The SMILES string of the molecule is Cc1c(Cl)nc(-c2ccco2)nc1Cl. The Kier molecular flexibility index (Phi) is 2.44. The summed E-state index contributed by atoms with van der Waals surface area (Å²) in [5.41, 5.74) is 0.670. The number of aromatic nitrogens is 2. The van der Waals surface area contributed by atoms with Gasteiger partial charge < -0.3 is 4.42 Å². The van der Waals surface area contributed by atoms with Crippen molar-refractivity contribution in [3.8, 4) is 11.6 Å². The summed E-state index contributed by atoms with van der Waals surface area (Å²) < 4.78 is 5.13. The molecule has 0 saturated carbocycles. The summed E-state index contributed by atoms with van der Waals surface area (Å²) >= 11 is 11.7. The highest BCUT2D eigenvalue weighted by Crippen LogP contribution is 2.24. The zero-order valence-electron chi connectivity index (χ0n) is 7.29. The van der Waals surface area contributed by atoms with Crippen molar-refractivity contribution in [3.63, 3.8) is 0 Å². The molecule has 5 heteroatoms. The Hall–Kier alpha value is -1.06. The summed E-state index contributed by atoms with van der Waals surface area (Å²) in [6.07, 6.45) is 1.54. The quantitative estimate of drug-likeness (QED) is 0.703. The predicted molar refractivity (Wildman–Crippen MR) is 54.5 cm³/mol. The van der Waals surface area contributed by atoms with Gasteiger partial charge in [-0.1, -0.05) is 23.2 Å². The van der Waals surface area contributed by atoms with E-state index in [1.165, 1.54) is 0 Å². The van der Waals surface area contributed by atoms with Crippen LogP contribution in [0.5, 0.6) is 0 Å². The number of halogens is 2. The number of rotatable bonds is 1. The average Bonchev–Trinajstić information content (AvgIpc) is 2.66. The summed E-state index contributed by atoms with van der Waals surface area (Å²) in [4.78, 5) is 8.10. The minimum absolute atomic E-state index is 0.344. The molecule has 0 spiro atoms. The molecule has 0 aromatic carbocycles. The second-order valence-electron chi connectivity index (χ2n) is 2.73. The first kappa shape index (κ1) is 9.49. The molecule has 2 aromatic rings. The Labute approximate surface area is 90.7 Å². The van der Waals surface area contributed by atoms with E-state index in [-0.39, 0.29) is 0 Å². The van der Waals surface area contributed by atoms with E-state index in [0.717, 1.165) is 0 Å². The maximum Gasteiger partial charge on any atom is 0.198 e. The largest absolute Gasteiger partial charge is 0.461 e. The van der Waals surface area contributed by atoms with E-state index < -0.39 is 0 Å². The van der Waals surface area contributed by atoms with Gasteiger partial charge in [0.2, 0.25) is 0 Å². The Balaban J connectivity index is 2.57. The summed E-state index contributed by atoms with van der Waals surface area (Å²) in [6, 6.07) is 3.50. The summed E-state index contributed by atoms with van der Waals surface area (Å²) in [5, 5.41) is 0.688. The summed E-state index contributed by atoms with van der Waals surface area (Å²) in [6.45, 7) is 1.76. The lowest BCUT2D eigenvalue weighted by molar-refractivity contribution is 0.577. The first-order valence-electron chi connectivity index (χ1n) is 3.92. The lowest BCUT2D eigenvalue weighted by Gasteiger charge is -2.01. The van der Waals surface area contributed by atoms with Crippen LogP contribution in [0.3, 0.4) is 0 Å². The summed E-state index contributed by atoms with van der Waals surface area (Å²) in [7, 11) is 0. The third kappa shape index (κ3) is 1.61. The van der Waals surface area contributed by atoms with Gasteiger partial charge in [-0.05, 0) is 19.1 Å². The number of hydrogen-bond donors (Lipinski definition) is 0. The molecule has 72 valence electrons. The third-order valence-corrected chi connectivity index (χ3v) is 2.50. The molecule has 0 fully saturated rings. The van der Waals surface area contributed by atoms with Crippen molar-refractivity contribution in [1.82, 2.24) is 9.97 Å². The van der Waals surface area contributed by atoms with E-state index in [4.69, 9.17) is 27.6 Å². The Morgan fingerprint density at radius 1 is 1.21 bits per heavy atom. The fraction of sp³-hybridized carbons (Fsp3) is 0.111. The van der Waals surface area contributed by atoms with Crippen molar-refractivity contribution >= 4 is 23.2 Å². The standard InChI is InChI=1S/C9H6Cl2N2O/c1-5-7(10)12-9(13-8(5)11)6-3-2-4-14-6/h2-4H,1H3. The fourth-order valence-electron chi connectivity index (χ4n) is 0.980. The van der Waals surface area contributed by atoms with Crippen molar-refractivity contribution in [1.29, 1.82) is 0 Å². The van der Waals surface area contributed by atoms with E-state index >= 15 is 0 Å². The van der Waals surface area contributed by atoms with Gasteiger partial charge in [0.1, 0.15) is 10.3 Å². The Morgan fingerprint density at radius 2 is 1.86 bits per heavy atom. The van der Waals surface area contributed by atoms with Crippen molar-refractivity contribution in [2.75, 3.05) is 0 Å². The van der Waals surface area contributed by atoms with E-state index in [2.05, 4.69) is 9.97 Å². The van der Waals surface area contributed by atoms with Crippen LogP contribution in [0.1, 0.15) is 5.56 Å². The molecular formula is C9H6Cl2N2O. The monoisotopic (exact) mass is 228 g/mol. The lowest BCUT2D eigenvalue weighted by atomic mass is 10.3. The molecule has 0 saturated heterocycles. The molecule has 14 heavy (non-hydrogen) atoms. The third-order valence-electron chi connectivity index (χ3n) is 1.77. The van der Waals surface area contributed by atoms with E-state index in [0.29, 0.717) is 27.5 Å². The zero-order chi connectivity index (χ0) is 10.1. The van der Waals surface area contributed by atoms with Gasteiger partial charge in [0.25, 0.3) is 0 Å². The molecule has 0 unspecified atom stereocenters. The van der Waals surface area contributed by atoms with Crippen LogP contribution >= 0.6 is 23.2 Å². The van der Waals surface area contributed by atoms with Crippen molar-refractivity contribution in [2.45, 2.75) is 6.92 Å². The molecule has 0 aliphatic heterocycles. The molecule has 0 radical (unpaired) electrons. The highest BCUT2D eigenvalue weighted by atomic mass is 35.5. The van der Waals surface area contributed by atoms with Gasteiger partial charge in [-0.15, -0.1) is 0 Å². The van der Waals surface area contributed by atoms with Gasteiger partial charge in [-0.25, -0.2) is 9.97 Å². The first-order valence-corrected chi connectivity index (χ1v) is 4.67. The van der Waals surface area contributed by atoms with Crippen LogP contribution in [-0.2, 0) is 0 Å². The topological polar surface area (TPSA) is 38.9 Å². The molecular weight excluding hydrogens is 223 g/mol. The Morgan fingerprint density at radius 3 is 2.36 bits per heavy atom. The number of furan rings is 1. The molecule has 2 heterocycles. The van der Waals surface area contributed by atoms with Gasteiger partial charge in [-0.3, -0.25) is 0 Å². The van der Waals surface area contributed by atoms with Gasteiger partial charge in [0, 0.05) is 5.56 Å². The molecule has 2 rings (SSSR count). The van der Waals surface area contributed by atoms with Crippen molar-refractivity contribution in [2.24, 2.45) is 0 Å². The highest BCUT2D eigenvalue weighted by Gasteiger charge is 2.10. The summed E-state index contributed by atoms with van der Waals surface area (Å²) in [5.74, 6) is 0.949. The van der Waals surface area contributed by atoms with Gasteiger partial charge in [0.15, 0.2) is 11.6 Å². The molecule has 0 amide bonds. The zero-order valence-corrected chi connectivity index (χ0v) is 8.80. The maximum absolute atomic E-state index is 5.86. The average molecular weight is 229 g/mol. The molecule has 0 aliphatic carbocycles. The maximum atomic E-state index is 5.86. The van der Waals surface area contributed by atoms with Crippen molar-refractivity contribution in [3.05, 3.63) is 34.3 Å². The first-order chi connectivity index (χ1) is 6.68. The highest BCUT2D eigenvalue weighted by molar-refractivity contribution is 6.34. The number of hydrogen-bond acceptors (Lipinski definition) is 3. The van der Waals surface area contributed by atoms with Crippen LogP contribution < -0.4 is 0 Å². The lowest BCUT2D eigenvalue weighted by Crippen LogP contribution is -1.92. The van der Waals surface area contributed by atoms with E-state index in [1.54, 1.807) is 25.3 Å².